The molecule has 0 heterocycles. The standard InChI is InChI=1S/C11H24N2OS.ClH/c1-4-15-10(9(2)3)11(14)13-8-6-5-7-12;/h9-10H,4-8,12H2,1-3H3,(H,13,14);1H. The Balaban J connectivity index is 0. The van der Waals surface area contributed by atoms with E-state index in [4.69, 9.17) is 5.73 Å². The summed E-state index contributed by atoms with van der Waals surface area (Å²) in [5.74, 6) is 1.55. The van der Waals surface area contributed by atoms with Gasteiger partial charge in [-0.3, -0.25) is 4.79 Å². The topological polar surface area (TPSA) is 55.1 Å². The molecule has 0 bridgehead atoms. The van der Waals surface area contributed by atoms with Crippen molar-refractivity contribution >= 4 is 30.1 Å². The van der Waals surface area contributed by atoms with Gasteiger partial charge < -0.3 is 11.1 Å². The van der Waals surface area contributed by atoms with Crippen LogP contribution in [-0.4, -0.2) is 30.0 Å². The summed E-state index contributed by atoms with van der Waals surface area (Å²) >= 11 is 1.72. The van der Waals surface area contributed by atoms with Crippen LogP contribution < -0.4 is 11.1 Å². The first kappa shape index (κ1) is 18.4. The molecule has 5 heteroatoms. The first-order valence-electron chi connectivity index (χ1n) is 5.72. The molecule has 1 unspecified atom stereocenters. The van der Waals surface area contributed by atoms with Crippen LogP contribution in [0.5, 0.6) is 0 Å². The highest BCUT2D eigenvalue weighted by atomic mass is 35.5. The van der Waals surface area contributed by atoms with Crippen molar-refractivity contribution in [2.24, 2.45) is 11.7 Å². The van der Waals surface area contributed by atoms with E-state index in [1.807, 2.05) is 0 Å². The molecule has 0 aliphatic heterocycles. The lowest BCUT2D eigenvalue weighted by Crippen LogP contribution is -2.36. The van der Waals surface area contributed by atoms with E-state index in [-0.39, 0.29) is 23.6 Å². The van der Waals surface area contributed by atoms with Gasteiger partial charge in [-0.2, -0.15) is 0 Å². The minimum absolute atomic E-state index is 0. The van der Waals surface area contributed by atoms with Crippen molar-refractivity contribution in [3.05, 3.63) is 0 Å². The van der Waals surface area contributed by atoms with Crippen molar-refractivity contribution in [2.75, 3.05) is 18.8 Å². The molecule has 0 saturated heterocycles. The summed E-state index contributed by atoms with van der Waals surface area (Å²) in [5.41, 5.74) is 5.38. The smallest absolute Gasteiger partial charge is 0.233 e. The van der Waals surface area contributed by atoms with Gasteiger partial charge >= 0.3 is 0 Å². The van der Waals surface area contributed by atoms with Gasteiger partial charge in [0, 0.05) is 6.54 Å². The number of hydrogen-bond donors (Lipinski definition) is 2. The quantitative estimate of drug-likeness (QED) is 0.663. The van der Waals surface area contributed by atoms with Gasteiger partial charge in [-0.1, -0.05) is 20.8 Å². The van der Waals surface area contributed by atoms with Crippen LogP contribution in [0.4, 0.5) is 0 Å². The van der Waals surface area contributed by atoms with E-state index < -0.39 is 0 Å². The van der Waals surface area contributed by atoms with Crippen molar-refractivity contribution in [2.45, 2.75) is 38.9 Å². The number of nitrogens with two attached hydrogens (primary N) is 1. The van der Waals surface area contributed by atoms with Crippen LogP contribution >= 0.6 is 24.2 Å². The summed E-state index contributed by atoms with van der Waals surface area (Å²) in [6.07, 6.45) is 1.96. The third kappa shape index (κ3) is 8.25. The summed E-state index contributed by atoms with van der Waals surface area (Å²) < 4.78 is 0. The van der Waals surface area contributed by atoms with Gasteiger partial charge in [0.25, 0.3) is 0 Å². The number of rotatable bonds is 8. The molecule has 3 nitrogen and oxygen atoms in total. The van der Waals surface area contributed by atoms with Gasteiger partial charge in [0.05, 0.1) is 5.25 Å². The van der Waals surface area contributed by atoms with Gasteiger partial charge in [-0.15, -0.1) is 24.2 Å². The van der Waals surface area contributed by atoms with Crippen LogP contribution in [0.3, 0.4) is 0 Å². The van der Waals surface area contributed by atoms with E-state index in [9.17, 15) is 4.79 Å². The van der Waals surface area contributed by atoms with Crippen molar-refractivity contribution < 1.29 is 4.79 Å². The lowest BCUT2D eigenvalue weighted by Gasteiger charge is -2.19. The fourth-order valence-corrected chi connectivity index (χ4v) is 2.31. The van der Waals surface area contributed by atoms with Crippen molar-refractivity contribution in [1.82, 2.24) is 5.32 Å². The first-order chi connectivity index (χ1) is 7.13. The molecule has 1 amide bonds. The molecule has 0 aliphatic carbocycles. The maximum absolute atomic E-state index is 11.8. The molecule has 0 spiro atoms. The molecule has 0 saturated carbocycles. The normalized spacial score (nSPS) is 12.1. The first-order valence-corrected chi connectivity index (χ1v) is 6.77. The van der Waals surface area contributed by atoms with Crippen LogP contribution in [0.2, 0.25) is 0 Å². The Bertz CT molecular complexity index is 179. The van der Waals surface area contributed by atoms with E-state index in [1.54, 1.807) is 11.8 Å². The maximum atomic E-state index is 11.8. The highest BCUT2D eigenvalue weighted by molar-refractivity contribution is 8.00. The van der Waals surface area contributed by atoms with E-state index >= 15 is 0 Å². The van der Waals surface area contributed by atoms with Crippen molar-refractivity contribution in [3.8, 4) is 0 Å². The molecule has 0 radical (unpaired) electrons. The molecule has 3 N–H and O–H groups in total. The molecule has 98 valence electrons. The average molecular weight is 269 g/mol. The average Bonchev–Trinajstić information content (AvgIpc) is 2.20. The molecule has 1 atom stereocenters. The molecular formula is C11H25ClN2OS. The zero-order valence-corrected chi connectivity index (χ0v) is 12.1. The second kappa shape index (κ2) is 11.6. The summed E-state index contributed by atoms with van der Waals surface area (Å²) in [6.45, 7) is 7.72. The molecular weight excluding hydrogens is 244 g/mol. The third-order valence-electron chi connectivity index (χ3n) is 2.14. The molecule has 0 aromatic heterocycles. The number of nitrogens with one attached hydrogen (secondary N) is 1. The van der Waals surface area contributed by atoms with Crippen molar-refractivity contribution in [1.29, 1.82) is 0 Å². The fourth-order valence-electron chi connectivity index (χ4n) is 1.33. The lowest BCUT2D eigenvalue weighted by atomic mass is 10.1. The lowest BCUT2D eigenvalue weighted by molar-refractivity contribution is -0.121. The Morgan fingerprint density at radius 3 is 2.44 bits per heavy atom. The molecule has 0 aliphatic rings. The largest absolute Gasteiger partial charge is 0.355 e. The van der Waals surface area contributed by atoms with Gasteiger partial charge in [-0.05, 0) is 31.1 Å². The Kier molecular flexibility index (Phi) is 13.3. The van der Waals surface area contributed by atoms with E-state index in [0.717, 1.165) is 25.1 Å². The third-order valence-corrected chi connectivity index (χ3v) is 3.59. The molecule has 16 heavy (non-hydrogen) atoms. The summed E-state index contributed by atoms with van der Waals surface area (Å²) in [6, 6.07) is 0. The number of amides is 1. The maximum Gasteiger partial charge on any atom is 0.233 e. The van der Waals surface area contributed by atoms with Crippen LogP contribution in [-0.2, 0) is 4.79 Å². The fraction of sp³-hybridized carbons (Fsp3) is 0.909. The van der Waals surface area contributed by atoms with Crippen LogP contribution in [0, 0.1) is 5.92 Å². The highest BCUT2D eigenvalue weighted by Crippen LogP contribution is 2.19. The predicted molar refractivity (Wildman–Crippen MR) is 75.3 cm³/mol. The number of thioether (sulfide) groups is 1. The second-order valence-electron chi connectivity index (χ2n) is 3.91. The zero-order chi connectivity index (χ0) is 11.7. The summed E-state index contributed by atoms with van der Waals surface area (Å²) in [7, 11) is 0. The number of carbonyl (C=O) groups excluding carboxylic acids is 1. The summed E-state index contributed by atoms with van der Waals surface area (Å²) in [5, 5.41) is 3.06. The van der Waals surface area contributed by atoms with Gasteiger partial charge in [0.1, 0.15) is 0 Å². The van der Waals surface area contributed by atoms with Crippen LogP contribution in [0.25, 0.3) is 0 Å². The monoisotopic (exact) mass is 268 g/mol. The number of halogens is 1. The van der Waals surface area contributed by atoms with Crippen molar-refractivity contribution in [3.63, 3.8) is 0 Å². The Morgan fingerprint density at radius 1 is 1.38 bits per heavy atom. The van der Waals surface area contributed by atoms with E-state index in [2.05, 4.69) is 26.1 Å². The second-order valence-corrected chi connectivity index (χ2v) is 5.33. The summed E-state index contributed by atoms with van der Waals surface area (Å²) in [4.78, 5) is 11.8. The van der Waals surface area contributed by atoms with Gasteiger partial charge in [0.15, 0.2) is 0 Å². The number of carbonyl (C=O) groups is 1. The minimum Gasteiger partial charge on any atom is -0.355 e. The number of unbranched alkanes of at least 4 members (excludes halogenated alkanes) is 1. The predicted octanol–water partition coefficient (Wildman–Crippen LogP) is 2.04. The van der Waals surface area contributed by atoms with Gasteiger partial charge in [0.2, 0.25) is 5.91 Å². The Hall–Kier alpha value is 0.0700. The Labute approximate surface area is 110 Å². The molecule has 0 fully saturated rings. The molecule has 0 rings (SSSR count). The van der Waals surface area contributed by atoms with Crippen LogP contribution in [0.1, 0.15) is 33.6 Å². The molecule has 0 aromatic rings. The van der Waals surface area contributed by atoms with Gasteiger partial charge in [-0.25, -0.2) is 0 Å². The highest BCUT2D eigenvalue weighted by Gasteiger charge is 2.21. The van der Waals surface area contributed by atoms with E-state index in [1.165, 1.54) is 0 Å². The van der Waals surface area contributed by atoms with E-state index in [0.29, 0.717) is 12.5 Å². The SMILES string of the molecule is CCSC(C(=O)NCCCCN)C(C)C.Cl. The number of hydrogen-bond acceptors (Lipinski definition) is 3. The minimum atomic E-state index is 0. The molecule has 0 aromatic carbocycles. The van der Waals surface area contributed by atoms with Crippen LogP contribution in [0.15, 0.2) is 0 Å². The Morgan fingerprint density at radius 2 is 2.00 bits per heavy atom. The zero-order valence-electron chi connectivity index (χ0n) is 10.5.